The molecule has 0 radical (unpaired) electrons. The highest BCUT2D eigenvalue weighted by Crippen LogP contribution is 2.30. The van der Waals surface area contributed by atoms with E-state index in [2.05, 4.69) is 4.98 Å². The van der Waals surface area contributed by atoms with Gasteiger partial charge in [0, 0.05) is 0 Å². The molecule has 98 valence electrons. The van der Waals surface area contributed by atoms with Gasteiger partial charge in [0.25, 0.3) is 5.91 Å². The SMILES string of the molecule is CC(C)C1(O)CN(C(=O)c2cc(F)cnc2Cl)C1. The first-order chi connectivity index (χ1) is 8.33. The third-order valence-electron chi connectivity index (χ3n) is 3.33. The Morgan fingerprint density at radius 1 is 1.61 bits per heavy atom. The van der Waals surface area contributed by atoms with E-state index in [1.165, 1.54) is 4.90 Å². The number of likely N-dealkylation sites (tertiary alicyclic amines) is 1. The van der Waals surface area contributed by atoms with E-state index < -0.39 is 17.3 Å². The number of aliphatic hydroxyl groups is 1. The Labute approximate surface area is 109 Å². The van der Waals surface area contributed by atoms with Crippen molar-refractivity contribution in [3.63, 3.8) is 0 Å². The van der Waals surface area contributed by atoms with Gasteiger partial charge in [-0.15, -0.1) is 0 Å². The molecule has 0 bridgehead atoms. The molecule has 2 rings (SSSR count). The van der Waals surface area contributed by atoms with Crippen molar-refractivity contribution in [2.24, 2.45) is 5.92 Å². The highest BCUT2D eigenvalue weighted by molar-refractivity contribution is 6.32. The van der Waals surface area contributed by atoms with Gasteiger partial charge in [-0.25, -0.2) is 9.37 Å². The van der Waals surface area contributed by atoms with E-state index in [0.29, 0.717) is 0 Å². The Morgan fingerprint density at radius 2 is 2.22 bits per heavy atom. The highest BCUT2D eigenvalue weighted by Gasteiger charge is 2.46. The van der Waals surface area contributed by atoms with Crippen LogP contribution in [0.25, 0.3) is 0 Å². The molecule has 1 aliphatic rings. The maximum absolute atomic E-state index is 13.0. The molecule has 1 aliphatic heterocycles. The molecule has 0 unspecified atom stereocenters. The minimum Gasteiger partial charge on any atom is -0.386 e. The van der Waals surface area contributed by atoms with E-state index in [1.807, 2.05) is 13.8 Å². The first kappa shape index (κ1) is 13.2. The number of carbonyl (C=O) groups is 1. The smallest absolute Gasteiger partial charge is 0.257 e. The number of hydrogen-bond acceptors (Lipinski definition) is 3. The second kappa shape index (κ2) is 4.48. The molecule has 6 heteroatoms. The van der Waals surface area contributed by atoms with Crippen molar-refractivity contribution < 1.29 is 14.3 Å². The number of rotatable bonds is 2. The number of pyridine rings is 1. The molecule has 1 N–H and O–H groups in total. The first-order valence-corrected chi connectivity index (χ1v) is 6.04. The number of nitrogens with zero attached hydrogens (tertiary/aromatic N) is 2. The average Bonchev–Trinajstić information content (AvgIpc) is 2.27. The summed E-state index contributed by atoms with van der Waals surface area (Å²) in [5.41, 5.74) is -0.828. The third kappa shape index (κ3) is 2.20. The minimum absolute atomic E-state index is 0.0265. The predicted molar refractivity (Wildman–Crippen MR) is 64.9 cm³/mol. The molecule has 1 fully saturated rings. The molecule has 0 spiro atoms. The maximum Gasteiger partial charge on any atom is 0.257 e. The molecule has 1 amide bonds. The van der Waals surface area contributed by atoms with Crippen LogP contribution < -0.4 is 0 Å². The van der Waals surface area contributed by atoms with Gasteiger partial charge >= 0.3 is 0 Å². The van der Waals surface area contributed by atoms with Gasteiger partial charge in [0.15, 0.2) is 0 Å². The fourth-order valence-electron chi connectivity index (χ4n) is 1.87. The zero-order valence-electron chi connectivity index (χ0n) is 10.2. The van der Waals surface area contributed by atoms with Crippen LogP contribution in [0.3, 0.4) is 0 Å². The lowest BCUT2D eigenvalue weighted by Crippen LogP contribution is -2.66. The Kier molecular flexibility index (Phi) is 3.29. The fourth-order valence-corrected chi connectivity index (χ4v) is 2.05. The average molecular weight is 273 g/mol. The molecule has 1 saturated heterocycles. The second-order valence-corrected chi connectivity index (χ2v) is 5.27. The van der Waals surface area contributed by atoms with Crippen LogP contribution in [0.15, 0.2) is 12.3 Å². The lowest BCUT2D eigenvalue weighted by atomic mass is 9.82. The Hall–Kier alpha value is -1.20. The van der Waals surface area contributed by atoms with Gasteiger partial charge in [-0.1, -0.05) is 25.4 Å². The third-order valence-corrected chi connectivity index (χ3v) is 3.63. The number of aromatic nitrogens is 1. The number of halogens is 2. The molecule has 1 aromatic rings. The van der Waals surface area contributed by atoms with Crippen molar-refractivity contribution in [1.82, 2.24) is 9.88 Å². The van der Waals surface area contributed by atoms with Gasteiger partial charge in [-0.2, -0.15) is 0 Å². The summed E-state index contributed by atoms with van der Waals surface area (Å²) in [6.07, 6.45) is 0.958. The summed E-state index contributed by atoms with van der Waals surface area (Å²) in [6, 6.07) is 1.06. The zero-order chi connectivity index (χ0) is 13.5. The zero-order valence-corrected chi connectivity index (χ0v) is 10.9. The van der Waals surface area contributed by atoms with Gasteiger partial charge in [-0.05, 0) is 12.0 Å². The van der Waals surface area contributed by atoms with Crippen molar-refractivity contribution in [3.05, 3.63) is 28.8 Å². The van der Waals surface area contributed by atoms with Crippen molar-refractivity contribution in [2.45, 2.75) is 19.4 Å². The molecule has 0 aliphatic carbocycles. The monoisotopic (exact) mass is 272 g/mol. The van der Waals surface area contributed by atoms with Crippen LogP contribution >= 0.6 is 11.6 Å². The molecule has 1 aromatic heterocycles. The first-order valence-electron chi connectivity index (χ1n) is 5.66. The topological polar surface area (TPSA) is 53.4 Å². The Balaban J connectivity index is 2.13. The molecule has 2 heterocycles. The van der Waals surface area contributed by atoms with E-state index in [4.69, 9.17) is 11.6 Å². The summed E-state index contributed by atoms with van der Waals surface area (Å²) in [6.45, 7) is 4.24. The van der Waals surface area contributed by atoms with E-state index in [-0.39, 0.29) is 29.7 Å². The molecule has 0 atom stereocenters. The Morgan fingerprint density at radius 3 is 2.78 bits per heavy atom. The van der Waals surface area contributed by atoms with Crippen LogP contribution in [0, 0.1) is 11.7 Å². The predicted octanol–water partition coefficient (Wildman–Crippen LogP) is 1.72. The molecular weight excluding hydrogens is 259 g/mol. The van der Waals surface area contributed by atoms with Crippen LogP contribution in [0.1, 0.15) is 24.2 Å². The lowest BCUT2D eigenvalue weighted by Gasteiger charge is -2.49. The van der Waals surface area contributed by atoms with E-state index in [1.54, 1.807) is 0 Å². The van der Waals surface area contributed by atoms with Crippen LogP contribution in [0.4, 0.5) is 4.39 Å². The van der Waals surface area contributed by atoms with Gasteiger partial charge in [0.05, 0.1) is 24.8 Å². The quantitative estimate of drug-likeness (QED) is 0.834. The molecule has 0 saturated carbocycles. The number of β-amino-alcohol motifs (C(OH)–C–C–N with tert-alkyl or cyclic N) is 1. The van der Waals surface area contributed by atoms with Crippen LogP contribution in [-0.4, -0.2) is 39.6 Å². The number of hydrogen-bond donors (Lipinski definition) is 1. The number of carbonyl (C=O) groups excluding carboxylic acids is 1. The van der Waals surface area contributed by atoms with E-state index in [0.717, 1.165) is 12.3 Å². The van der Waals surface area contributed by atoms with E-state index >= 15 is 0 Å². The summed E-state index contributed by atoms with van der Waals surface area (Å²) in [7, 11) is 0. The van der Waals surface area contributed by atoms with Gasteiger partial charge < -0.3 is 10.0 Å². The van der Waals surface area contributed by atoms with Gasteiger partial charge in [0.1, 0.15) is 16.6 Å². The largest absolute Gasteiger partial charge is 0.386 e. The normalized spacial score (nSPS) is 17.8. The fraction of sp³-hybridized carbons (Fsp3) is 0.500. The van der Waals surface area contributed by atoms with Crippen molar-refractivity contribution in [2.75, 3.05) is 13.1 Å². The standard InChI is InChI=1S/C12H14ClFN2O2/c1-7(2)12(18)5-16(6-12)11(17)9-3-8(14)4-15-10(9)13/h3-4,7,18H,5-6H2,1-2H3. The summed E-state index contributed by atoms with van der Waals surface area (Å²) in [5.74, 6) is -0.956. The summed E-state index contributed by atoms with van der Waals surface area (Å²) in [5, 5.41) is 10.0. The molecule has 4 nitrogen and oxygen atoms in total. The van der Waals surface area contributed by atoms with Gasteiger partial charge in [-0.3, -0.25) is 4.79 Å². The summed E-state index contributed by atoms with van der Waals surface area (Å²) < 4.78 is 13.0. The molecule has 0 aromatic carbocycles. The minimum atomic E-state index is -0.858. The number of amides is 1. The molecular formula is C12H14ClFN2O2. The summed E-state index contributed by atoms with van der Waals surface area (Å²) >= 11 is 5.76. The summed E-state index contributed by atoms with van der Waals surface area (Å²) in [4.78, 5) is 17.1. The van der Waals surface area contributed by atoms with Crippen molar-refractivity contribution in [3.8, 4) is 0 Å². The second-order valence-electron chi connectivity index (χ2n) is 4.91. The van der Waals surface area contributed by atoms with Crippen molar-refractivity contribution in [1.29, 1.82) is 0 Å². The van der Waals surface area contributed by atoms with Crippen LogP contribution in [0.2, 0.25) is 5.15 Å². The maximum atomic E-state index is 13.0. The lowest BCUT2D eigenvalue weighted by molar-refractivity contribution is -0.110. The van der Waals surface area contributed by atoms with E-state index in [9.17, 15) is 14.3 Å². The molecule has 18 heavy (non-hydrogen) atoms. The van der Waals surface area contributed by atoms with Crippen LogP contribution in [-0.2, 0) is 0 Å². The highest BCUT2D eigenvalue weighted by atomic mass is 35.5. The van der Waals surface area contributed by atoms with Gasteiger partial charge in [0.2, 0.25) is 0 Å². The van der Waals surface area contributed by atoms with Crippen molar-refractivity contribution >= 4 is 17.5 Å². The Bertz CT molecular complexity index is 487. The van der Waals surface area contributed by atoms with Crippen LogP contribution in [0.5, 0.6) is 0 Å².